The van der Waals surface area contributed by atoms with Gasteiger partial charge in [-0.25, -0.2) is 0 Å². The first-order chi connectivity index (χ1) is 11.7. The van der Waals surface area contributed by atoms with Crippen LogP contribution >= 0.6 is 21.6 Å². The van der Waals surface area contributed by atoms with Crippen molar-refractivity contribution in [2.24, 2.45) is 0 Å². The number of benzene rings is 1. The van der Waals surface area contributed by atoms with E-state index in [0.717, 1.165) is 42.4 Å². The first kappa shape index (κ1) is 17.7. The lowest BCUT2D eigenvalue weighted by Gasteiger charge is -2.16. The van der Waals surface area contributed by atoms with Gasteiger partial charge in [0.05, 0.1) is 0 Å². The van der Waals surface area contributed by atoms with Crippen LogP contribution in [0.5, 0.6) is 0 Å². The summed E-state index contributed by atoms with van der Waals surface area (Å²) < 4.78 is 0. The molecule has 6 heteroatoms. The lowest BCUT2D eigenvalue weighted by atomic mass is 10.1. The van der Waals surface area contributed by atoms with Gasteiger partial charge in [0.2, 0.25) is 11.8 Å². The zero-order chi connectivity index (χ0) is 16.8. The third-order valence-corrected chi connectivity index (χ3v) is 7.45. The maximum absolute atomic E-state index is 12.0. The summed E-state index contributed by atoms with van der Waals surface area (Å²) in [4.78, 5) is 25.6. The molecule has 0 aromatic heterocycles. The molecule has 2 amide bonds. The molecule has 1 unspecified atom stereocenters. The van der Waals surface area contributed by atoms with Crippen molar-refractivity contribution in [1.29, 1.82) is 0 Å². The lowest BCUT2D eigenvalue weighted by Crippen LogP contribution is -2.23. The Morgan fingerprint density at radius 1 is 1.25 bits per heavy atom. The van der Waals surface area contributed by atoms with Gasteiger partial charge in [0.1, 0.15) is 0 Å². The monoisotopic (exact) mass is 364 g/mol. The Hall–Kier alpha value is -1.14. The number of rotatable bonds is 7. The SMILES string of the molecule is O=C(CCCCC1CCSS1)Nc1ccc(N2CCCC2=O)cc1. The largest absolute Gasteiger partial charge is 0.326 e. The molecular formula is C18H24N2O2S2. The molecule has 4 nitrogen and oxygen atoms in total. The quantitative estimate of drug-likeness (QED) is 0.573. The summed E-state index contributed by atoms with van der Waals surface area (Å²) in [5.74, 6) is 1.54. The second-order valence-electron chi connectivity index (χ2n) is 6.32. The van der Waals surface area contributed by atoms with Gasteiger partial charge in [-0.2, -0.15) is 0 Å². The van der Waals surface area contributed by atoms with Crippen LogP contribution in [0.2, 0.25) is 0 Å². The highest BCUT2D eigenvalue weighted by Gasteiger charge is 2.21. The molecule has 1 atom stereocenters. The summed E-state index contributed by atoms with van der Waals surface area (Å²) in [6.45, 7) is 0.794. The maximum atomic E-state index is 12.0. The fraction of sp³-hybridized carbons (Fsp3) is 0.556. The number of anilines is 2. The Kier molecular flexibility index (Phi) is 6.49. The van der Waals surface area contributed by atoms with Crippen LogP contribution in [0.1, 0.15) is 44.9 Å². The van der Waals surface area contributed by atoms with Crippen molar-refractivity contribution < 1.29 is 9.59 Å². The molecule has 0 spiro atoms. The minimum atomic E-state index is 0.0773. The number of hydrogen-bond donors (Lipinski definition) is 1. The Bertz CT molecular complexity index is 571. The van der Waals surface area contributed by atoms with Gasteiger partial charge in [0, 0.05) is 41.8 Å². The molecule has 2 aliphatic rings. The number of carbonyl (C=O) groups excluding carboxylic acids is 2. The maximum Gasteiger partial charge on any atom is 0.227 e. The zero-order valence-electron chi connectivity index (χ0n) is 13.8. The Balaban J connectivity index is 1.38. The zero-order valence-corrected chi connectivity index (χ0v) is 15.5. The van der Waals surface area contributed by atoms with E-state index in [-0.39, 0.29) is 11.8 Å². The van der Waals surface area contributed by atoms with Gasteiger partial charge in [-0.15, -0.1) is 0 Å². The molecule has 2 saturated heterocycles. The fourth-order valence-electron chi connectivity index (χ4n) is 3.09. The average Bonchev–Trinajstić information content (AvgIpc) is 3.24. The number of amides is 2. The Morgan fingerprint density at radius 3 is 2.75 bits per heavy atom. The highest BCUT2D eigenvalue weighted by atomic mass is 33.1. The molecule has 0 saturated carbocycles. The molecule has 0 aliphatic carbocycles. The molecule has 2 heterocycles. The van der Waals surface area contributed by atoms with E-state index < -0.39 is 0 Å². The molecular weight excluding hydrogens is 340 g/mol. The van der Waals surface area contributed by atoms with Crippen LogP contribution in [0.15, 0.2) is 24.3 Å². The third kappa shape index (κ3) is 4.93. The topological polar surface area (TPSA) is 49.4 Å². The molecule has 2 aliphatic heterocycles. The fourth-order valence-corrected chi connectivity index (χ4v) is 6.12. The van der Waals surface area contributed by atoms with Crippen LogP contribution in [0.25, 0.3) is 0 Å². The van der Waals surface area contributed by atoms with Crippen LogP contribution in [0, 0.1) is 0 Å². The second-order valence-corrected chi connectivity index (χ2v) is 9.11. The smallest absolute Gasteiger partial charge is 0.227 e. The standard InChI is InChI=1S/C18H24N2O2S2/c21-17(5-2-1-4-16-11-13-23-24-16)19-14-7-9-15(10-8-14)20-12-3-6-18(20)22/h7-10,16H,1-6,11-13H2,(H,19,21). The van der Waals surface area contributed by atoms with E-state index in [2.05, 4.69) is 5.32 Å². The minimum Gasteiger partial charge on any atom is -0.326 e. The number of unbranched alkanes of at least 4 members (excludes halogenated alkanes) is 1. The van der Waals surface area contributed by atoms with E-state index in [4.69, 9.17) is 0 Å². The van der Waals surface area contributed by atoms with Crippen LogP contribution in [-0.2, 0) is 9.59 Å². The van der Waals surface area contributed by atoms with Crippen molar-refractivity contribution in [3.63, 3.8) is 0 Å². The van der Waals surface area contributed by atoms with Gasteiger partial charge in [-0.05, 0) is 49.9 Å². The van der Waals surface area contributed by atoms with Crippen LogP contribution in [0.3, 0.4) is 0 Å². The normalized spacial score (nSPS) is 20.6. The van der Waals surface area contributed by atoms with E-state index in [9.17, 15) is 9.59 Å². The first-order valence-electron chi connectivity index (χ1n) is 8.71. The molecule has 0 bridgehead atoms. The molecule has 130 valence electrons. The molecule has 24 heavy (non-hydrogen) atoms. The number of carbonyl (C=O) groups is 2. The number of hydrogen-bond acceptors (Lipinski definition) is 4. The van der Waals surface area contributed by atoms with E-state index >= 15 is 0 Å². The summed E-state index contributed by atoms with van der Waals surface area (Å²) in [6.07, 6.45) is 6.76. The van der Waals surface area contributed by atoms with Crippen LogP contribution < -0.4 is 10.2 Å². The van der Waals surface area contributed by atoms with Crippen LogP contribution in [0.4, 0.5) is 11.4 Å². The molecule has 3 rings (SSSR count). The highest BCUT2D eigenvalue weighted by Crippen LogP contribution is 2.39. The van der Waals surface area contributed by atoms with Gasteiger partial charge < -0.3 is 10.2 Å². The van der Waals surface area contributed by atoms with Gasteiger partial charge in [0.15, 0.2) is 0 Å². The molecule has 1 aromatic rings. The van der Waals surface area contributed by atoms with Crippen molar-refractivity contribution >= 4 is 44.8 Å². The minimum absolute atomic E-state index is 0.0773. The number of nitrogens with zero attached hydrogens (tertiary/aromatic N) is 1. The third-order valence-electron chi connectivity index (χ3n) is 4.44. The van der Waals surface area contributed by atoms with Gasteiger partial charge in [-0.3, -0.25) is 9.59 Å². The molecule has 2 fully saturated rings. The van der Waals surface area contributed by atoms with Gasteiger partial charge in [0.25, 0.3) is 0 Å². The summed E-state index contributed by atoms with van der Waals surface area (Å²) >= 11 is 0. The molecule has 0 radical (unpaired) electrons. The summed E-state index contributed by atoms with van der Waals surface area (Å²) in [5, 5.41) is 3.74. The van der Waals surface area contributed by atoms with Gasteiger partial charge >= 0.3 is 0 Å². The van der Waals surface area contributed by atoms with E-state index in [1.807, 2.05) is 50.8 Å². The molecule has 1 aromatic carbocycles. The van der Waals surface area contributed by atoms with E-state index in [0.29, 0.717) is 12.8 Å². The summed E-state index contributed by atoms with van der Waals surface area (Å²) in [5.41, 5.74) is 1.72. The summed E-state index contributed by atoms with van der Waals surface area (Å²) in [6, 6.07) is 7.58. The first-order valence-corrected chi connectivity index (χ1v) is 11.1. The molecule has 1 N–H and O–H groups in total. The van der Waals surface area contributed by atoms with Crippen molar-refractivity contribution in [3.8, 4) is 0 Å². The van der Waals surface area contributed by atoms with Crippen molar-refractivity contribution in [2.75, 3.05) is 22.5 Å². The van der Waals surface area contributed by atoms with Crippen molar-refractivity contribution in [2.45, 2.75) is 50.2 Å². The number of nitrogens with one attached hydrogen (secondary N) is 1. The Morgan fingerprint density at radius 2 is 2.08 bits per heavy atom. The van der Waals surface area contributed by atoms with Crippen molar-refractivity contribution in [1.82, 2.24) is 0 Å². The summed E-state index contributed by atoms with van der Waals surface area (Å²) in [7, 11) is 3.98. The predicted molar refractivity (Wildman–Crippen MR) is 104 cm³/mol. The predicted octanol–water partition coefficient (Wildman–Crippen LogP) is 4.47. The highest BCUT2D eigenvalue weighted by molar-refractivity contribution is 8.77. The van der Waals surface area contributed by atoms with Crippen molar-refractivity contribution in [3.05, 3.63) is 24.3 Å². The average molecular weight is 365 g/mol. The van der Waals surface area contributed by atoms with Crippen LogP contribution in [-0.4, -0.2) is 29.4 Å². The lowest BCUT2D eigenvalue weighted by molar-refractivity contribution is -0.117. The van der Waals surface area contributed by atoms with E-state index in [1.165, 1.54) is 18.6 Å². The Labute approximate surface area is 151 Å². The van der Waals surface area contributed by atoms with Gasteiger partial charge in [-0.1, -0.05) is 28.0 Å². The van der Waals surface area contributed by atoms with E-state index in [1.54, 1.807) is 0 Å². The second kappa shape index (κ2) is 8.81.